The standard InChI is InChI=1S/C28H51N3O4.C17H32N2O3.C10H19NO2.ClH/c1-12-35-27(34)20(6)17-23(19(4)5)30(11)26(33)24(28(8,9)10)29-25(32)22-15-13-14-16-31(22)21(7)18(2)3;1-9-22-16(21)12(4)10-13(11(2)3)19(8)15(20)14(18)17(5,6)7;1-3-8(2)11-7-5-4-6-9(11)10(12)13;/h17-19,21-24H,12-16H2,1-11H3,(H,29,32);10-11,13-14H,9,18H2,1-8H3;8-9H,3-7H2,1-2H3,(H,12,13);1H/b20-17+;12-10+;;/t21?,22-,23-,24-;13-,14-;8?,9-;/m111./s1. The second-order valence-electron chi connectivity index (χ2n) is 22.7. The fourth-order valence-electron chi connectivity index (χ4n) is 8.70. The molecule has 0 aliphatic carbocycles. The number of esters is 2. The Labute approximate surface area is 437 Å². The molecule has 0 aromatic carbocycles. The average Bonchev–Trinajstić information content (AvgIpc) is 3.29. The SMILES string of the molecule is CCC(C)N1CCCC[C@@H]1C(=O)O.CCOC(=O)/C(C)=C/[C@H](C(C)C)N(C)C(=O)[C@@H](N)C(C)(C)C.CCOC(=O)/C(C)=C/[C@H](C(C)C)N(C)C(=O)[C@@H](NC(=O)[C@H]1CCCCN1C(C)C(C)C)C(C)(C)C.Cl. The van der Waals surface area contributed by atoms with Crippen molar-refractivity contribution < 1.29 is 43.3 Å². The van der Waals surface area contributed by atoms with Crippen molar-refractivity contribution in [1.29, 1.82) is 0 Å². The molecule has 0 aromatic heterocycles. The molecule has 2 fully saturated rings. The summed E-state index contributed by atoms with van der Waals surface area (Å²) in [6.07, 6.45) is 10.6. The summed E-state index contributed by atoms with van der Waals surface area (Å²) in [7, 11) is 3.48. The van der Waals surface area contributed by atoms with Crippen LogP contribution >= 0.6 is 12.4 Å². The van der Waals surface area contributed by atoms with E-state index in [0.717, 1.165) is 58.0 Å². The van der Waals surface area contributed by atoms with Crippen LogP contribution in [0.15, 0.2) is 23.3 Å². The molecule has 16 heteroatoms. The van der Waals surface area contributed by atoms with E-state index < -0.39 is 23.5 Å². The number of carbonyl (C=O) groups excluding carboxylic acids is 5. The van der Waals surface area contributed by atoms with Gasteiger partial charge in [-0.05, 0) is 115 Å². The van der Waals surface area contributed by atoms with Crippen molar-refractivity contribution in [1.82, 2.24) is 24.9 Å². The van der Waals surface area contributed by atoms with Crippen molar-refractivity contribution in [2.24, 2.45) is 34.3 Å². The second-order valence-corrected chi connectivity index (χ2v) is 22.7. The number of nitrogens with zero attached hydrogens (tertiary/aromatic N) is 4. The van der Waals surface area contributed by atoms with E-state index in [4.69, 9.17) is 20.3 Å². The fraction of sp³-hybridized carbons (Fsp3) is 0.818. The Morgan fingerprint density at radius 2 is 1.07 bits per heavy atom. The van der Waals surface area contributed by atoms with E-state index in [-0.39, 0.29) is 83.5 Å². The molecule has 3 amide bonds. The first-order valence-corrected chi connectivity index (χ1v) is 26.3. The van der Waals surface area contributed by atoms with Crippen LogP contribution in [0, 0.1) is 28.6 Å². The number of piperidine rings is 2. The van der Waals surface area contributed by atoms with Crippen LogP contribution in [0.3, 0.4) is 0 Å². The molecule has 414 valence electrons. The summed E-state index contributed by atoms with van der Waals surface area (Å²) in [5, 5.41) is 12.1. The number of halogens is 1. The van der Waals surface area contributed by atoms with Gasteiger partial charge in [-0.1, -0.05) is 115 Å². The van der Waals surface area contributed by atoms with Crippen molar-refractivity contribution in [3.8, 4) is 0 Å². The Hall–Kier alpha value is -3.53. The number of aliphatic carboxylic acids is 1. The Balaban J connectivity index is 0. The zero-order chi connectivity index (χ0) is 54.6. The maximum atomic E-state index is 13.8. The van der Waals surface area contributed by atoms with Crippen molar-refractivity contribution >= 4 is 48.0 Å². The lowest BCUT2D eigenvalue weighted by Gasteiger charge is -2.42. The molecule has 4 N–H and O–H groups in total. The molecule has 15 nitrogen and oxygen atoms in total. The number of carboxylic acids is 1. The molecule has 8 atom stereocenters. The molecule has 0 bridgehead atoms. The molecule has 2 saturated heterocycles. The molecule has 2 rings (SSSR count). The number of nitrogens with one attached hydrogen (secondary N) is 1. The van der Waals surface area contributed by atoms with Gasteiger partial charge in [0.15, 0.2) is 0 Å². The maximum Gasteiger partial charge on any atom is 0.333 e. The average molecular weight is 1030 g/mol. The lowest BCUT2D eigenvalue weighted by molar-refractivity contribution is -0.146. The molecular weight excluding hydrogens is 924 g/mol. The minimum atomic E-state index is -0.685. The van der Waals surface area contributed by atoms with Gasteiger partial charge >= 0.3 is 17.9 Å². The molecule has 0 saturated carbocycles. The van der Waals surface area contributed by atoms with E-state index in [1.54, 1.807) is 63.7 Å². The van der Waals surface area contributed by atoms with Crippen LogP contribution in [0.1, 0.15) is 176 Å². The van der Waals surface area contributed by atoms with Gasteiger partial charge in [0.1, 0.15) is 12.1 Å². The van der Waals surface area contributed by atoms with Crippen molar-refractivity contribution in [3.63, 3.8) is 0 Å². The monoisotopic (exact) mass is 1030 g/mol. The number of likely N-dealkylation sites (N-methyl/N-ethyl adjacent to an activating group) is 2. The summed E-state index contributed by atoms with van der Waals surface area (Å²) in [5.41, 5.74) is 6.25. The number of hydrogen-bond donors (Lipinski definition) is 3. The van der Waals surface area contributed by atoms with Gasteiger partial charge < -0.3 is 35.4 Å². The normalized spacial score (nSPS) is 19.8. The first-order valence-electron chi connectivity index (χ1n) is 26.3. The van der Waals surface area contributed by atoms with Crippen LogP contribution in [0.2, 0.25) is 0 Å². The summed E-state index contributed by atoms with van der Waals surface area (Å²) in [6.45, 7) is 40.0. The fourth-order valence-corrected chi connectivity index (χ4v) is 8.70. The summed E-state index contributed by atoms with van der Waals surface area (Å²) in [4.78, 5) is 82.6. The molecule has 2 aliphatic rings. The van der Waals surface area contributed by atoms with Crippen molar-refractivity contribution in [3.05, 3.63) is 23.3 Å². The van der Waals surface area contributed by atoms with Gasteiger partial charge in [0, 0.05) is 37.3 Å². The van der Waals surface area contributed by atoms with Crippen molar-refractivity contribution in [2.45, 2.75) is 225 Å². The number of ether oxygens (including phenoxy) is 2. The van der Waals surface area contributed by atoms with Crippen LogP contribution in [-0.2, 0) is 38.2 Å². The molecule has 0 radical (unpaired) electrons. The van der Waals surface area contributed by atoms with Gasteiger partial charge in [-0.15, -0.1) is 12.4 Å². The van der Waals surface area contributed by atoms with E-state index in [2.05, 4.69) is 49.7 Å². The lowest BCUT2D eigenvalue weighted by atomic mass is 9.84. The summed E-state index contributed by atoms with van der Waals surface area (Å²) in [5.74, 6) is -1.06. The van der Waals surface area contributed by atoms with Crippen molar-refractivity contribution in [2.75, 3.05) is 40.4 Å². The highest BCUT2D eigenvalue weighted by Gasteiger charge is 2.41. The largest absolute Gasteiger partial charge is 0.480 e. The van der Waals surface area contributed by atoms with Crippen LogP contribution < -0.4 is 11.1 Å². The highest BCUT2D eigenvalue weighted by Crippen LogP contribution is 2.28. The zero-order valence-corrected chi connectivity index (χ0v) is 49.1. The Kier molecular flexibility index (Phi) is 31.9. The predicted octanol–water partition coefficient (Wildman–Crippen LogP) is 8.91. The number of likely N-dealkylation sites (tertiary alicyclic amines) is 2. The zero-order valence-electron chi connectivity index (χ0n) is 48.3. The van der Waals surface area contributed by atoms with Gasteiger partial charge in [0.05, 0.1) is 37.4 Å². The first-order chi connectivity index (χ1) is 32.2. The minimum Gasteiger partial charge on any atom is -0.480 e. The Morgan fingerprint density at radius 1 is 0.662 bits per heavy atom. The number of carboxylic acid groups (broad SMARTS) is 1. The minimum absolute atomic E-state index is 0. The molecular formula is C55H103ClN6O9. The third kappa shape index (κ3) is 22.6. The maximum absolute atomic E-state index is 13.8. The predicted molar refractivity (Wildman–Crippen MR) is 290 cm³/mol. The van der Waals surface area contributed by atoms with Gasteiger partial charge in [-0.2, -0.15) is 0 Å². The third-order valence-corrected chi connectivity index (χ3v) is 13.9. The quantitative estimate of drug-likeness (QED) is 0.0824. The number of hydrogen-bond acceptors (Lipinski definition) is 11. The highest BCUT2D eigenvalue weighted by molar-refractivity contribution is 5.91. The van der Waals surface area contributed by atoms with Gasteiger partial charge in [0.25, 0.3) is 0 Å². The topological polar surface area (TPSA) is 192 Å². The van der Waals surface area contributed by atoms with Crippen LogP contribution in [0.5, 0.6) is 0 Å². The van der Waals surface area contributed by atoms with Gasteiger partial charge in [-0.3, -0.25) is 29.0 Å². The Bertz CT molecular complexity index is 1720. The molecule has 2 unspecified atom stereocenters. The van der Waals surface area contributed by atoms with Crippen LogP contribution in [0.25, 0.3) is 0 Å². The summed E-state index contributed by atoms with van der Waals surface area (Å²) in [6, 6.07) is -1.54. The van der Waals surface area contributed by atoms with E-state index in [0.29, 0.717) is 42.4 Å². The third-order valence-electron chi connectivity index (χ3n) is 13.9. The smallest absolute Gasteiger partial charge is 0.333 e. The van der Waals surface area contributed by atoms with E-state index >= 15 is 0 Å². The summed E-state index contributed by atoms with van der Waals surface area (Å²) < 4.78 is 10.1. The van der Waals surface area contributed by atoms with E-state index in [9.17, 15) is 28.8 Å². The van der Waals surface area contributed by atoms with Crippen LogP contribution in [0.4, 0.5) is 0 Å². The van der Waals surface area contributed by atoms with Gasteiger partial charge in [-0.25, -0.2) is 9.59 Å². The molecule has 71 heavy (non-hydrogen) atoms. The number of nitrogens with two attached hydrogens (primary N) is 1. The molecule has 2 heterocycles. The van der Waals surface area contributed by atoms with Crippen LogP contribution in [-0.4, -0.2) is 149 Å². The van der Waals surface area contributed by atoms with Gasteiger partial charge in [0.2, 0.25) is 17.7 Å². The number of rotatable bonds is 19. The molecule has 0 aromatic rings. The molecule has 0 spiro atoms. The van der Waals surface area contributed by atoms with E-state index in [1.165, 1.54) is 0 Å². The highest BCUT2D eigenvalue weighted by atomic mass is 35.5. The Morgan fingerprint density at radius 3 is 1.42 bits per heavy atom. The number of amides is 3. The molecule has 2 aliphatic heterocycles. The van der Waals surface area contributed by atoms with E-state index in [1.807, 2.05) is 69.2 Å². The lowest BCUT2D eigenvalue weighted by Crippen LogP contribution is -2.61. The second kappa shape index (κ2) is 32.6. The summed E-state index contributed by atoms with van der Waals surface area (Å²) >= 11 is 0. The number of carbonyl (C=O) groups is 6. The first kappa shape index (κ1) is 69.5.